The number of benzene rings is 1. The molecule has 0 aliphatic heterocycles. The van der Waals surface area contributed by atoms with Crippen LogP contribution in [-0.4, -0.2) is 5.97 Å². The first kappa shape index (κ1) is 10.6. The molecular formula is C13H13NO2. The minimum atomic E-state index is -1.02. The summed E-state index contributed by atoms with van der Waals surface area (Å²) in [6, 6.07) is 9.98. The molecule has 1 aromatic carbocycles. The molecule has 82 valence electrons. The lowest BCUT2D eigenvalue weighted by Gasteiger charge is -2.04. The molecule has 0 fully saturated rings. The maximum absolute atomic E-state index is 10.5. The van der Waals surface area contributed by atoms with Crippen LogP contribution in [0.4, 0.5) is 0 Å². The third-order valence-corrected chi connectivity index (χ3v) is 2.70. The van der Waals surface area contributed by atoms with E-state index < -0.39 is 5.97 Å². The summed E-state index contributed by atoms with van der Waals surface area (Å²) in [6.07, 6.45) is 1.96. The number of para-hydroxylation sites is 1. The highest BCUT2D eigenvalue weighted by molar-refractivity contribution is 5.78. The van der Waals surface area contributed by atoms with Crippen molar-refractivity contribution in [2.45, 2.75) is 19.9 Å². The van der Waals surface area contributed by atoms with Gasteiger partial charge in [-0.2, -0.15) is 4.57 Å². The second kappa shape index (κ2) is 4.31. The molecule has 2 aromatic rings. The quantitative estimate of drug-likeness (QED) is 0.703. The van der Waals surface area contributed by atoms with Crippen LogP contribution in [0, 0.1) is 6.92 Å². The molecule has 0 saturated heterocycles. The highest BCUT2D eigenvalue weighted by atomic mass is 16.4. The number of rotatable bonds is 3. The first-order valence-electron chi connectivity index (χ1n) is 5.26. The van der Waals surface area contributed by atoms with E-state index in [1.165, 1.54) is 5.56 Å². The van der Waals surface area contributed by atoms with Crippen molar-refractivity contribution < 1.29 is 14.5 Å². The molecule has 0 atom stereocenters. The fourth-order valence-electron chi connectivity index (χ4n) is 1.84. The second-order valence-electron chi connectivity index (χ2n) is 3.83. The zero-order chi connectivity index (χ0) is 11.5. The molecule has 0 aliphatic carbocycles. The van der Waals surface area contributed by atoms with E-state index in [0.717, 1.165) is 10.9 Å². The summed E-state index contributed by atoms with van der Waals surface area (Å²) in [4.78, 5) is 10.5. The zero-order valence-electron chi connectivity index (χ0n) is 9.14. The summed E-state index contributed by atoms with van der Waals surface area (Å²) in [5, 5.41) is 11.6. The standard InChI is InChI=1S/C13H13NO2/c1-10-6-8-14(9-7-13(15)16)12-5-3-2-4-11(10)12/h2-6,8H,7,9H2,1H3. The van der Waals surface area contributed by atoms with Crippen LogP contribution >= 0.6 is 0 Å². The highest BCUT2D eigenvalue weighted by Gasteiger charge is 2.09. The van der Waals surface area contributed by atoms with Crippen LogP contribution < -0.4 is 9.67 Å². The number of aryl methyl sites for hydroxylation is 2. The Kier molecular flexibility index (Phi) is 2.86. The van der Waals surface area contributed by atoms with Gasteiger partial charge < -0.3 is 9.90 Å². The van der Waals surface area contributed by atoms with Gasteiger partial charge in [0.05, 0.1) is 0 Å². The average Bonchev–Trinajstić information content (AvgIpc) is 2.28. The van der Waals surface area contributed by atoms with Gasteiger partial charge in [0.1, 0.15) is 0 Å². The fraction of sp³-hybridized carbons (Fsp3) is 0.231. The number of fused-ring (bicyclic) bond motifs is 1. The number of aliphatic carboxylic acids is 1. The lowest BCUT2D eigenvalue weighted by atomic mass is 10.1. The Balaban J connectivity index is 2.46. The number of carbonyl (C=O) groups excluding carboxylic acids is 1. The molecule has 0 unspecified atom stereocenters. The highest BCUT2D eigenvalue weighted by Crippen LogP contribution is 2.13. The molecule has 0 aliphatic rings. The minimum Gasteiger partial charge on any atom is -0.550 e. The Labute approximate surface area is 94.0 Å². The second-order valence-corrected chi connectivity index (χ2v) is 3.83. The van der Waals surface area contributed by atoms with Gasteiger partial charge >= 0.3 is 0 Å². The summed E-state index contributed by atoms with van der Waals surface area (Å²) in [6.45, 7) is 2.49. The molecule has 0 bridgehead atoms. The van der Waals surface area contributed by atoms with Crippen molar-refractivity contribution in [3.8, 4) is 0 Å². The maximum Gasteiger partial charge on any atom is 0.212 e. The van der Waals surface area contributed by atoms with E-state index >= 15 is 0 Å². The van der Waals surface area contributed by atoms with Crippen molar-refractivity contribution in [3.05, 3.63) is 42.1 Å². The third kappa shape index (κ3) is 2.03. The molecule has 0 radical (unpaired) electrons. The molecule has 3 nitrogen and oxygen atoms in total. The Morgan fingerprint density at radius 3 is 2.81 bits per heavy atom. The van der Waals surface area contributed by atoms with Crippen molar-refractivity contribution in [2.24, 2.45) is 0 Å². The van der Waals surface area contributed by atoms with Gasteiger partial charge in [-0.05, 0) is 18.6 Å². The van der Waals surface area contributed by atoms with Gasteiger partial charge in [0.25, 0.3) is 0 Å². The first-order chi connectivity index (χ1) is 7.68. The van der Waals surface area contributed by atoms with Crippen LogP contribution in [0.1, 0.15) is 12.0 Å². The van der Waals surface area contributed by atoms with E-state index in [9.17, 15) is 9.90 Å². The molecule has 1 heterocycles. The van der Waals surface area contributed by atoms with Crippen LogP contribution in [0.5, 0.6) is 0 Å². The van der Waals surface area contributed by atoms with E-state index in [2.05, 4.69) is 0 Å². The third-order valence-electron chi connectivity index (χ3n) is 2.70. The van der Waals surface area contributed by atoms with E-state index in [0.29, 0.717) is 6.54 Å². The summed E-state index contributed by atoms with van der Waals surface area (Å²) in [7, 11) is 0. The number of pyridine rings is 1. The largest absolute Gasteiger partial charge is 0.550 e. The summed E-state index contributed by atoms with van der Waals surface area (Å²) in [5.74, 6) is -1.02. The molecule has 16 heavy (non-hydrogen) atoms. The van der Waals surface area contributed by atoms with Gasteiger partial charge in [0.15, 0.2) is 12.7 Å². The number of carboxylic acids is 1. The summed E-state index contributed by atoms with van der Waals surface area (Å²) < 4.78 is 1.94. The van der Waals surface area contributed by atoms with Gasteiger partial charge in [0.2, 0.25) is 5.52 Å². The van der Waals surface area contributed by atoms with Crippen molar-refractivity contribution >= 4 is 16.9 Å². The Morgan fingerprint density at radius 1 is 1.31 bits per heavy atom. The Bertz CT molecular complexity index is 534. The zero-order valence-corrected chi connectivity index (χ0v) is 9.14. The SMILES string of the molecule is Cc1cc[n+](CCC(=O)[O-])c2ccccc12. The minimum absolute atomic E-state index is 0.0394. The van der Waals surface area contributed by atoms with Crippen LogP contribution in [0.25, 0.3) is 10.9 Å². The maximum atomic E-state index is 10.5. The predicted octanol–water partition coefficient (Wildman–Crippen LogP) is 0.576. The summed E-state index contributed by atoms with van der Waals surface area (Å²) >= 11 is 0. The Morgan fingerprint density at radius 2 is 2.06 bits per heavy atom. The lowest BCUT2D eigenvalue weighted by Crippen LogP contribution is -2.37. The monoisotopic (exact) mass is 215 g/mol. The van der Waals surface area contributed by atoms with Crippen molar-refractivity contribution in [1.82, 2.24) is 0 Å². The molecule has 0 N–H and O–H groups in total. The number of hydrogen-bond acceptors (Lipinski definition) is 2. The van der Waals surface area contributed by atoms with E-state index in [1.54, 1.807) is 0 Å². The molecule has 3 heteroatoms. The van der Waals surface area contributed by atoms with E-state index in [4.69, 9.17) is 0 Å². The van der Waals surface area contributed by atoms with Gasteiger partial charge in [0, 0.05) is 29.9 Å². The number of nitrogens with zero attached hydrogens (tertiary/aromatic N) is 1. The molecular weight excluding hydrogens is 202 g/mol. The smallest absolute Gasteiger partial charge is 0.212 e. The number of carbonyl (C=O) groups is 1. The number of carboxylic acid groups (broad SMARTS) is 1. The van der Waals surface area contributed by atoms with Crippen LogP contribution in [0.2, 0.25) is 0 Å². The molecule has 1 aromatic heterocycles. The number of aromatic nitrogens is 1. The van der Waals surface area contributed by atoms with Crippen molar-refractivity contribution in [3.63, 3.8) is 0 Å². The average molecular weight is 215 g/mol. The van der Waals surface area contributed by atoms with E-state index in [1.807, 2.05) is 48.0 Å². The van der Waals surface area contributed by atoms with Gasteiger partial charge in [-0.15, -0.1) is 0 Å². The van der Waals surface area contributed by atoms with Crippen molar-refractivity contribution in [2.75, 3.05) is 0 Å². The topological polar surface area (TPSA) is 44.0 Å². The van der Waals surface area contributed by atoms with Crippen LogP contribution in [0.3, 0.4) is 0 Å². The van der Waals surface area contributed by atoms with E-state index in [-0.39, 0.29) is 6.42 Å². The lowest BCUT2D eigenvalue weighted by molar-refractivity contribution is -0.671. The van der Waals surface area contributed by atoms with Gasteiger partial charge in [-0.3, -0.25) is 0 Å². The summed E-state index contributed by atoms with van der Waals surface area (Å²) in [5.41, 5.74) is 2.25. The van der Waals surface area contributed by atoms with Gasteiger partial charge in [-0.1, -0.05) is 12.1 Å². The van der Waals surface area contributed by atoms with Gasteiger partial charge in [-0.25, -0.2) is 0 Å². The normalized spacial score (nSPS) is 10.6. The molecule has 0 saturated carbocycles. The molecule has 0 amide bonds. The van der Waals surface area contributed by atoms with Crippen LogP contribution in [0.15, 0.2) is 36.5 Å². The fourth-order valence-corrected chi connectivity index (χ4v) is 1.84. The van der Waals surface area contributed by atoms with Crippen molar-refractivity contribution in [1.29, 1.82) is 0 Å². The van der Waals surface area contributed by atoms with Crippen LogP contribution in [-0.2, 0) is 11.3 Å². The first-order valence-corrected chi connectivity index (χ1v) is 5.26. The Hall–Kier alpha value is -1.90. The molecule has 0 spiro atoms. The number of hydrogen-bond donors (Lipinski definition) is 0. The molecule has 2 rings (SSSR count). The predicted molar refractivity (Wildman–Crippen MR) is 58.5 cm³/mol.